The highest BCUT2D eigenvalue weighted by molar-refractivity contribution is 6.31. The molecule has 0 fully saturated rings. The standard InChI is InChI=1S/C13H7ClF2N4/c14-8-2-1-3-9(12(8)16)20-13-7-4-11(15)17-5-10(7)18-6-19-13/h1-6H,(H,18,19,20). The number of fused-ring (bicyclic) bond motifs is 1. The highest BCUT2D eigenvalue weighted by atomic mass is 35.5. The van der Waals surface area contributed by atoms with Crippen LogP contribution in [0.25, 0.3) is 10.9 Å². The molecule has 0 amide bonds. The van der Waals surface area contributed by atoms with Crippen molar-refractivity contribution in [1.29, 1.82) is 0 Å². The first kappa shape index (κ1) is 12.7. The molecule has 100 valence electrons. The summed E-state index contributed by atoms with van der Waals surface area (Å²) >= 11 is 5.71. The molecule has 0 bridgehead atoms. The van der Waals surface area contributed by atoms with Crippen molar-refractivity contribution in [3.8, 4) is 0 Å². The fourth-order valence-electron chi connectivity index (χ4n) is 1.76. The van der Waals surface area contributed by atoms with Crippen LogP contribution in [0.5, 0.6) is 0 Å². The molecule has 0 aliphatic rings. The molecule has 20 heavy (non-hydrogen) atoms. The second-order valence-electron chi connectivity index (χ2n) is 3.97. The summed E-state index contributed by atoms with van der Waals surface area (Å²) in [7, 11) is 0. The molecule has 0 aliphatic carbocycles. The van der Waals surface area contributed by atoms with E-state index in [0.717, 1.165) is 0 Å². The van der Waals surface area contributed by atoms with Crippen molar-refractivity contribution in [1.82, 2.24) is 15.0 Å². The second-order valence-corrected chi connectivity index (χ2v) is 4.38. The van der Waals surface area contributed by atoms with Gasteiger partial charge in [0.1, 0.15) is 12.1 Å². The molecule has 3 aromatic rings. The molecule has 0 atom stereocenters. The lowest BCUT2D eigenvalue weighted by Crippen LogP contribution is -1.99. The van der Waals surface area contributed by atoms with Gasteiger partial charge in [0.05, 0.1) is 22.4 Å². The lowest BCUT2D eigenvalue weighted by atomic mass is 10.2. The van der Waals surface area contributed by atoms with Gasteiger partial charge < -0.3 is 5.32 Å². The smallest absolute Gasteiger partial charge is 0.213 e. The lowest BCUT2D eigenvalue weighted by Gasteiger charge is -2.09. The summed E-state index contributed by atoms with van der Waals surface area (Å²) in [6.45, 7) is 0. The average Bonchev–Trinajstić information content (AvgIpc) is 2.44. The second kappa shape index (κ2) is 4.97. The minimum atomic E-state index is -0.665. The van der Waals surface area contributed by atoms with Gasteiger partial charge in [0.2, 0.25) is 5.95 Å². The van der Waals surface area contributed by atoms with E-state index >= 15 is 0 Å². The maximum absolute atomic E-state index is 13.8. The van der Waals surface area contributed by atoms with Crippen molar-refractivity contribution in [3.63, 3.8) is 0 Å². The van der Waals surface area contributed by atoms with E-state index in [0.29, 0.717) is 10.9 Å². The van der Waals surface area contributed by atoms with Crippen molar-refractivity contribution < 1.29 is 8.78 Å². The van der Waals surface area contributed by atoms with Crippen LogP contribution < -0.4 is 5.32 Å². The molecule has 0 aliphatic heterocycles. The Labute approximate surface area is 117 Å². The average molecular weight is 293 g/mol. The van der Waals surface area contributed by atoms with Crippen LogP contribution in [0.1, 0.15) is 0 Å². The number of rotatable bonds is 2. The van der Waals surface area contributed by atoms with Gasteiger partial charge in [0.15, 0.2) is 5.82 Å². The Morgan fingerprint density at radius 2 is 1.95 bits per heavy atom. The highest BCUT2D eigenvalue weighted by Gasteiger charge is 2.10. The minimum absolute atomic E-state index is 0.0128. The van der Waals surface area contributed by atoms with Gasteiger partial charge in [-0.1, -0.05) is 17.7 Å². The third-order valence-corrected chi connectivity index (χ3v) is 2.98. The molecule has 7 heteroatoms. The molecule has 2 aromatic heterocycles. The Bertz CT molecular complexity index is 794. The molecule has 4 nitrogen and oxygen atoms in total. The van der Waals surface area contributed by atoms with Crippen molar-refractivity contribution in [2.45, 2.75) is 0 Å². The lowest BCUT2D eigenvalue weighted by molar-refractivity contribution is 0.586. The summed E-state index contributed by atoms with van der Waals surface area (Å²) in [5.74, 6) is -0.991. The molecule has 0 radical (unpaired) electrons. The van der Waals surface area contributed by atoms with Gasteiger partial charge in [0, 0.05) is 11.5 Å². The Hall–Kier alpha value is -2.34. The molecule has 0 saturated carbocycles. The molecule has 2 heterocycles. The number of aromatic nitrogens is 3. The third-order valence-electron chi connectivity index (χ3n) is 2.69. The zero-order chi connectivity index (χ0) is 14.1. The first-order chi connectivity index (χ1) is 9.65. The maximum Gasteiger partial charge on any atom is 0.213 e. The number of pyridine rings is 1. The topological polar surface area (TPSA) is 50.7 Å². The van der Waals surface area contributed by atoms with Crippen molar-refractivity contribution in [2.75, 3.05) is 5.32 Å². The number of halogens is 3. The summed E-state index contributed by atoms with van der Waals surface area (Å²) in [4.78, 5) is 11.5. The van der Waals surface area contributed by atoms with Gasteiger partial charge in [-0.05, 0) is 12.1 Å². The fraction of sp³-hybridized carbons (Fsp3) is 0. The molecule has 3 rings (SSSR count). The Morgan fingerprint density at radius 3 is 2.80 bits per heavy atom. The first-order valence-electron chi connectivity index (χ1n) is 5.62. The molecule has 0 saturated heterocycles. The summed E-state index contributed by atoms with van der Waals surface area (Å²) in [6.07, 6.45) is 2.57. The molecular formula is C13H7ClF2N4. The van der Waals surface area contributed by atoms with E-state index < -0.39 is 11.8 Å². The van der Waals surface area contributed by atoms with E-state index in [2.05, 4.69) is 20.3 Å². The van der Waals surface area contributed by atoms with Gasteiger partial charge in [-0.25, -0.2) is 19.3 Å². The van der Waals surface area contributed by atoms with E-state index in [1.807, 2.05) is 0 Å². The van der Waals surface area contributed by atoms with E-state index in [9.17, 15) is 8.78 Å². The van der Waals surface area contributed by atoms with Crippen LogP contribution in [0.15, 0.2) is 36.8 Å². The van der Waals surface area contributed by atoms with Crippen LogP contribution in [-0.2, 0) is 0 Å². The van der Waals surface area contributed by atoms with Crippen molar-refractivity contribution in [3.05, 3.63) is 53.6 Å². The molecule has 1 aromatic carbocycles. The number of hydrogen-bond donors (Lipinski definition) is 1. The van der Waals surface area contributed by atoms with Crippen LogP contribution in [0.3, 0.4) is 0 Å². The van der Waals surface area contributed by atoms with Crippen LogP contribution >= 0.6 is 11.6 Å². The van der Waals surface area contributed by atoms with Gasteiger partial charge >= 0.3 is 0 Å². The van der Waals surface area contributed by atoms with Gasteiger partial charge in [-0.15, -0.1) is 0 Å². The predicted molar refractivity (Wildman–Crippen MR) is 72.0 cm³/mol. The molecule has 0 unspecified atom stereocenters. The van der Waals surface area contributed by atoms with Gasteiger partial charge in [0.25, 0.3) is 0 Å². The Kier molecular flexibility index (Phi) is 3.15. The van der Waals surface area contributed by atoms with Gasteiger partial charge in [-0.3, -0.25) is 0 Å². The summed E-state index contributed by atoms with van der Waals surface area (Å²) in [5.41, 5.74) is 0.598. The number of benzene rings is 1. The van der Waals surface area contributed by atoms with E-state index in [1.165, 1.54) is 30.7 Å². The van der Waals surface area contributed by atoms with Gasteiger partial charge in [-0.2, -0.15) is 4.39 Å². The maximum atomic E-state index is 13.8. The Balaban J connectivity index is 2.11. The minimum Gasteiger partial charge on any atom is -0.337 e. The van der Waals surface area contributed by atoms with E-state index in [-0.39, 0.29) is 16.5 Å². The monoisotopic (exact) mass is 292 g/mol. The summed E-state index contributed by atoms with van der Waals surface area (Å²) in [5, 5.41) is 3.17. The summed E-state index contributed by atoms with van der Waals surface area (Å²) < 4.78 is 27.1. The zero-order valence-corrected chi connectivity index (χ0v) is 10.7. The largest absolute Gasteiger partial charge is 0.337 e. The highest BCUT2D eigenvalue weighted by Crippen LogP contribution is 2.27. The Morgan fingerprint density at radius 1 is 1.10 bits per heavy atom. The normalized spacial score (nSPS) is 10.8. The van der Waals surface area contributed by atoms with Crippen molar-refractivity contribution >= 4 is 34.0 Å². The SMILES string of the molecule is Fc1cc2c(Nc3cccc(Cl)c3F)ncnc2cn1. The first-order valence-corrected chi connectivity index (χ1v) is 6.00. The molecular weight excluding hydrogens is 286 g/mol. The fourth-order valence-corrected chi connectivity index (χ4v) is 1.94. The van der Waals surface area contributed by atoms with Crippen LogP contribution in [-0.4, -0.2) is 15.0 Å². The van der Waals surface area contributed by atoms with E-state index in [1.54, 1.807) is 6.07 Å². The number of hydrogen-bond acceptors (Lipinski definition) is 4. The number of nitrogens with zero attached hydrogens (tertiary/aromatic N) is 3. The third kappa shape index (κ3) is 2.25. The van der Waals surface area contributed by atoms with Crippen LogP contribution in [0.4, 0.5) is 20.3 Å². The van der Waals surface area contributed by atoms with Crippen LogP contribution in [0, 0.1) is 11.8 Å². The summed E-state index contributed by atoms with van der Waals surface area (Å²) in [6, 6.07) is 5.72. The van der Waals surface area contributed by atoms with Crippen molar-refractivity contribution in [2.24, 2.45) is 0 Å². The zero-order valence-electron chi connectivity index (χ0n) is 9.94. The van der Waals surface area contributed by atoms with Crippen LogP contribution in [0.2, 0.25) is 5.02 Å². The molecule has 1 N–H and O–H groups in total. The number of anilines is 2. The number of nitrogens with one attached hydrogen (secondary N) is 1. The molecule has 0 spiro atoms. The predicted octanol–water partition coefficient (Wildman–Crippen LogP) is 3.70. The quantitative estimate of drug-likeness (QED) is 0.732. The van der Waals surface area contributed by atoms with E-state index in [4.69, 9.17) is 11.6 Å².